The molecule has 220 valence electrons. The quantitative estimate of drug-likeness (QED) is 0.198. The van der Waals surface area contributed by atoms with Crippen molar-refractivity contribution >= 4 is 38.7 Å². The molecule has 0 bridgehead atoms. The number of pyridine rings is 1. The number of fused-ring (bicyclic) bond motifs is 1. The molecule has 43 heavy (non-hydrogen) atoms. The fourth-order valence-corrected chi connectivity index (χ4v) is 5.95. The van der Waals surface area contributed by atoms with E-state index in [1.165, 1.54) is 42.7 Å². The van der Waals surface area contributed by atoms with Gasteiger partial charge in [0.1, 0.15) is 11.8 Å². The summed E-state index contributed by atoms with van der Waals surface area (Å²) in [5.41, 5.74) is 2.42. The van der Waals surface area contributed by atoms with Crippen LogP contribution in [0.1, 0.15) is 16.7 Å². The molecule has 10 nitrogen and oxygen atoms in total. The van der Waals surface area contributed by atoms with Gasteiger partial charge in [-0.2, -0.15) is 0 Å². The number of carbonyl (C=O) groups is 2. The maximum absolute atomic E-state index is 15.3. The van der Waals surface area contributed by atoms with Crippen LogP contribution < -0.4 is 15.4 Å². The van der Waals surface area contributed by atoms with Crippen LogP contribution in [0.5, 0.6) is 11.5 Å². The van der Waals surface area contributed by atoms with Crippen molar-refractivity contribution in [1.29, 1.82) is 0 Å². The molecule has 3 aromatic carbocycles. The van der Waals surface area contributed by atoms with Gasteiger partial charge in [-0.05, 0) is 67.4 Å². The minimum Gasteiger partial charge on any atom is -0.465 e. The number of aryl methyl sites for hydroxylation is 2. The Morgan fingerprint density at radius 2 is 1.72 bits per heavy atom. The Morgan fingerprint density at radius 1 is 1.00 bits per heavy atom. The molecule has 5 rings (SSSR count). The first-order valence-electron chi connectivity index (χ1n) is 13.1. The van der Waals surface area contributed by atoms with Gasteiger partial charge in [-0.3, -0.25) is 4.79 Å². The first-order chi connectivity index (χ1) is 20.5. The lowest BCUT2D eigenvalue weighted by Gasteiger charge is -2.17. The van der Waals surface area contributed by atoms with E-state index < -0.39 is 33.9 Å². The summed E-state index contributed by atoms with van der Waals surface area (Å²) < 4.78 is 49.0. The van der Waals surface area contributed by atoms with Gasteiger partial charge in [0.25, 0.3) is 10.0 Å². The van der Waals surface area contributed by atoms with Crippen LogP contribution in [0.2, 0.25) is 0 Å². The van der Waals surface area contributed by atoms with Crippen molar-refractivity contribution in [3.8, 4) is 11.5 Å². The van der Waals surface area contributed by atoms with Gasteiger partial charge in [0.05, 0.1) is 10.3 Å². The van der Waals surface area contributed by atoms with Crippen LogP contribution in [-0.2, 0) is 21.2 Å². The molecule has 0 aliphatic heterocycles. The number of ether oxygens (including phenoxy) is 1. The molecule has 0 fully saturated rings. The van der Waals surface area contributed by atoms with Crippen LogP contribution in [0.25, 0.3) is 11.0 Å². The Morgan fingerprint density at radius 3 is 2.40 bits per heavy atom. The van der Waals surface area contributed by atoms with Crippen LogP contribution in [0.15, 0.2) is 96.2 Å². The van der Waals surface area contributed by atoms with Crippen molar-refractivity contribution in [2.45, 2.75) is 31.2 Å². The predicted molar refractivity (Wildman–Crippen MR) is 158 cm³/mol. The highest BCUT2D eigenvalue weighted by atomic mass is 32.2. The molecule has 3 N–H and O–H groups in total. The number of aromatic nitrogens is 2. The Labute approximate surface area is 246 Å². The zero-order valence-corrected chi connectivity index (χ0v) is 23.9. The van der Waals surface area contributed by atoms with Crippen molar-refractivity contribution in [1.82, 2.24) is 14.3 Å². The number of hydrogen-bond donors (Lipinski definition) is 3. The third-order valence-electron chi connectivity index (χ3n) is 6.70. The van der Waals surface area contributed by atoms with Crippen LogP contribution in [0.4, 0.5) is 14.9 Å². The summed E-state index contributed by atoms with van der Waals surface area (Å²) >= 11 is 0. The largest absolute Gasteiger partial charge is 0.465 e. The second-order valence-electron chi connectivity index (χ2n) is 9.86. The van der Waals surface area contributed by atoms with Crippen LogP contribution in [0.3, 0.4) is 0 Å². The van der Waals surface area contributed by atoms with E-state index in [0.29, 0.717) is 22.2 Å². The number of rotatable bonds is 9. The van der Waals surface area contributed by atoms with Crippen LogP contribution in [-0.4, -0.2) is 40.5 Å². The van der Waals surface area contributed by atoms with Crippen LogP contribution >= 0.6 is 0 Å². The second kappa shape index (κ2) is 11.9. The monoisotopic (exact) mass is 602 g/mol. The third-order valence-corrected chi connectivity index (χ3v) is 8.36. The standard InChI is InChI=1S/C31H27FN4O6S/c1-19-8-11-23(12-9-19)43(40,41)36-18-20(2)28-27(14-15-33-29(28)36)42-26-13-10-21(16-24(26)32)17-25(35-31(38)39)30(37)34-22-6-4-3-5-7-22/h3-16,18,25,35H,17H2,1-2H3,(H,34,37)(H,38,39)/t25-/m0/s1. The molecule has 5 aromatic rings. The fourth-order valence-electron chi connectivity index (χ4n) is 4.58. The number of nitrogens with one attached hydrogen (secondary N) is 2. The topological polar surface area (TPSA) is 140 Å². The summed E-state index contributed by atoms with van der Waals surface area (Å²) in [5, 5.41) is 14.5. The molecular formula is C31H27FN4O6S. The van der Waals surface area contributed by atoms with Gasteiger partial charge >= 0.3 is 6.09 Å². The van der Waals surface area contributed by atoms with Gasteiger partial charge in [0.15, 0.2) is 17.2 Å². The van der Waals surface area contributed by atoms with Crippen molar-refractivity contribution in [2.24, 2.45) is 0 Å². The van der Waals surface area contributed by atoms with E-state index in [9.17, 15) is 23.1 Å². The normalized spacial score (nSPS) is 12.1. The van der Waals surface area contributed by atoms with Gasteiger partial charge in [0, 0.05) is 24.5 Å². The zero-order valence-electron chi connectivity index (χ0n) is 23.1. The zero-order chi connectivity index (χ0) is 30.7. The number of para-hydroxylation sites is 1. The SMILES string of the molecule is Cc1ccc(S(=O)(=O)n2cc(C)c3c(Oc4ccc(C[C@H](NC(=O)O)C(=O)Nc5ccccc5)cc4F)ccnc32)cc1. The minimum absolute atomic E-state index is 0.0953. The van der Waals surface area contributed by atoms with E-state index in [-0.39, 0.29) is 28.5 Å². The molecule has 2 heterocycles. The maximum atomic E-state index is 15.3. The molecule has 2 aromatic heterocycles. The summed E-state index contributed by atoms with van der Waals surface area (Å²) in [6, 6.07) is 19.3. The van der Waals surface area contributed by atoms with Gasteiger partial charge in [-0.25, -0.2) is 26.6 Å². The Kier molecular flexibility index (Phi) is 8.13. The van der Waals surface area contributed by atoms with Crippen molar-refractivity contribution < 1.29 is 32.2 Å². The number of amides is 2. The maximum Gasteiger partial charge on any atom is 0.405 e. The highest BCUT2D eigenvalue weighted by Crippen LogP contribution is 2.35. The predicted octanol–water partition coefficient (Wildman–Crippen LogP) is 5.64. The van der Waals surface area contributed by atoms with Gasteiger partial charge in [0.2, 0.25) is 5.91 Å². The summed E-state index contributed by atoms with van der Waals surface area (Å²) in [6.07, 6.45) is 1.29. The number of benzene rings is 3. The lowest BCUT2D eigenvalue weighted by Crippen LogP contribution is -2.44. The summed E-state index contributed by atoms with van der Waals surface area (Å²) in [5.74, 6) is -1.32. The van der Waals surface area contributed by atoms with Crippen molar-refractivity contribution in [3.63, 3.8) is 0 Å². The van der Waals surface area contributed by atoms with E-state index in [4.69, 9.17) is 4.74 Å². The molecule has 0 aliphatic rings. The van der Waals surface area contributed by atoms with Gasteiger partial charge in [-0.15, -0.1) is 0 Å². The van der Waals surface area contributed by atoms with E-state index in [2.05, 4.69) is 15.6 Å². The third kappa shape index (κ3) is 6.33. The summed E-state index contributed by atoms with van der Waals surface area (Å²) in [7, 11) is -3.97. The van der Waals surface area contributed by atoms with Crippen molar-refractivity contribution in [3.05, 3.63) is 114 Å². The Balaban J connectivity index is 1.40. The first-order valence-corrected chi connectivity index (χ1v) is 14.6. The number of anilines is 1. The molecule has 0 saturated carbocycles. The molecule has 2 amide bonds. The van der Waals surface area contributed by atoms with Crippen molar-refractivity contribution in [2.75, 3.05) is 5.32 Å². The lowest BCUT2D eigenvalue weighted by atomic mass is 10.0. The average molecular weight is 603 g/mol. The number of carbonyl (C=O) groups excluding carboxylic acids is 1. The molecule has 1 atom stereocenters. The molecular weight excluding hydrogens is 575 g/mol. The Bertz CT molecular complexity index is 1930. The molecule has 0 aliphatic carbocycles. The number of halogens is 1. The Hall–Kier alpha value is -5.23. The molecule has 0 spiro atoms. The van der Waals surface area contributed by atoms with E-state index >= 15 is 4.39 Å². The lowest BCUT2D eigenvalue weighted by molar-refractivity contribution is -0.118. The van der Waals surface area contributed by atoms with Crippen LogP contribution in [0, 0.1) is 19.7 Å². The fraction of sp³-hybridized carbons (Fsp3) is 0.129. The number of hydrogen-bond acceptors (Lipinski definition) is 6. The minimum atomic E-state index is -3.97. The molecule has 0 unspecified atom stereocenters. The highest BCUT2D eigenvalue weighted by Gasteiger charge is 2.24. The summed E-state index contributed by atoms with van der Waals surface area (Å²) in [6.45, 7) is 3.56. The van der Waals surface area contributed by atoms with E-state index in [1.54, 1.807) is 49.4 Å². The van der Waals surface area contributed by atoms with E-state index in [1.807, 2.05) is 6.92 Å². The summed E-state index contributed by atoms with van der Waals surface area (Å²) in [4.78, 5) is 28.5. The van der Waals surface area contributed by atoms with Gasteiger partial charge < -0.3 is 20.5 Å². The molecule has 0 saturated heterocycles. The smallest absolute Gasteiger partial charge is 0.405 e. The molecule has 12 heteroatoms. The first kappa shape index (κ1) is 29.3. The van der Waals surface area contributed by atoms with E-state index in [0.717, 1.165) is 15.6 Å². The average Bonchev–Trinajstić information content (AvgIpc) is 3.32. The highest BCUT2D eigenvalue weighted by molar-refractivity contribution is 7.90. The van der Waals surface area contributed by atoms with Gasteiger partial charge in [-0.1, -0.05) is 42.0 Å². The number of nitrogens with zero attached hydrogens (tertiary/aromatic N) is 2. The second-order valence-corrected chi connectivity index (χ2v) is 11.7. The number of carboxylic acid groups (broad SMARTS) is 1. The molecule has 0 radical (unpaired) electrons.